The Morgan fingerprint density at radius 1 is 0.977 bits per heavy atom. The minimum Gasteiger partial charge on any atom is -0.493 e. The van der Waals surface area contributed by atoms with Crippen LogP contribution in [0, 0.1) is 24.7 Å². The van der Waals surface area contributed by atoms with Gasteiger partial charge in [0, 0.05) is 32.0 Å². The molecule has 1 unspecified atom stereocenters. The number of sulfonamides is 1. The van der Waals surface area contributed by atoms with Gasteiger partial charge in [-0.1, -0.05) is 23.8 Å². The third kappa shape index (κ3) is 6.26. The van der Waals surface area contributed by atoms with Crippen molar-refractivity contribution in [3.63, 3.8) is 0 Å². The molecule has 1 aliphatic heterocycles. The molecule has 4 rings (SSSR count). The fourth-order valence-electron chi connectivity index (χ4n) is 5.86. The molecular formula is C29H36N2O11S. The number of methoxy groups -OCH3 is 4. The van der Waals surface area contributed by atoms with E-state index in [1.807, 2.05) is 6.92 Å². The molecule has 1 saturated heterocycles. The lowest BCUT2D eigenvalue weighted by atomic mass is 9.64. The lowest BCUT2D eigenvalue weighted by molar-refractivity contribution is -0.186. The molecule has 0 spiro atoms. The second kappa shape index (κ2) is 12.8. The first kappa shape index (κ1) is 32.0. The van der Waals surface area contributed by atoms with Crippen molar-refractivity contribution < 1.29 is 51.6 Å². The molecule has 0 aromatic heterocycles. The number of nitrogens with one attached hydrogen (secondary N) is 1. The van der Waals surface area contributed by atoms with Crippen LogP contribution < -0.4 is 14.8 Å². The zero-order valence-electron chi connectivity index (χ0n) is 24.6. The van der Waals surface area contributed by atoms with Gasteiger partial charge in [-0.25, -0.2) is 13.2 Å². The van der Waals surface area contributed by atoms with Crippen molar-refractivity contribution >= 4 is 28.1 Å². The number of nitrogens with zero attached hydrogens (tertiary/aromatic N) is 1. The van der Waals surface area contributed by atoms with E-state index in [9.17, 15) is 27.9 Å². The van der Waals surface area contributed by atoms with Crippen LogP contribution in [0.25, 0.3) is 0 Å². The quantitative estimate of drug-likeness (QED) is 0.309. The molecule has 1 aliphatic carbocycles. The molecule has 13 nitrogen and oxygen atoms in total. The molecule has 2 aromatic rings. The van der Waals surface area contributed by atoms with Gasteiger partial charge in [0.2, 0.25) is 10.0 Å². The highest BCUT2D eigenvalue weighted by molar-refractivity contribution is 7.89. The molecule has 2 aliphatic rings. The number of hydrogen-bond donors (Lipinski definition) is 2. The Balaban J connectivity index is 1.63. The lowest BCUT2D eigenvalue weighted by Crippen LogP contribution is -2.61. The normalized spacial score (nSPS) is 25.3. The van der Waals surface area contributed by atoms with Gasteiger partial charge in [0.05, 0.1) is 45.2 Å². The first-order valence-corrected chi connectivity index (χ1v) is 14.9. The van der Waals surface area contributed by atoms with Gasteiger partial charge in [0.1, 0.15) is 11.7 Å². The summed E-state index contributed by atoms with van der Waals surface area (Å²) >= 11 is 0. The first-order chi connectivity index (χ1) is 20.4. The molecule has 5 atom stereocenters. The van der Waals surface area contributed by atoms with Crippen molar-refractivity contribution in [2.75, 3.05) is 41.5 Å². The maximum absolute atomic E-state index is 13.6. The second-order valence-electron chi connectivity index (χ2n) is 10.6. The molecule has 2 fully saturated rings. The molecular weight excluding hydrogens is 584 g/mol. The Hall–Kier alpha value is -3.88. The fraction of sp³-hybridized carbons (Fsp3) is 0.483. The van der Waals surface area contributed by atoms with Crippen LogP contribution in [0.4, 0.5) is 4.79 Å². The van der Waals surface area contributed by atoms with Crippen LogP contribution in [0.5, 0.6) is 11.5 Å². The van der Waals surface area contributed by atoms with Crippen LogP contribution in [0.1, 0.15) is 17.5 Å². The van der Waals surface area contributed by atoms with Gasteiger partial charge in [0.25, 0.3) is 0 Å². The second-order valence-corrected chi connectivity index (χ2v) is 12.5. The molecule has 2 N–H and O–H groups in total. The molecule has 234 valence electrons. The van der Waals surface area contributed by atoms with Crippen molar-refractivity contribution in [1.29, 1.82) is 0 Å². The highest BCUT2D eigenvalue weighted by atomic mass is 32.2. The number of aliphatic hydroxyl groups is 1. The minimum atomic E-state index is -4.13. The zero-order valence-corrected chi connectivity index (χ0v) is 25.4. The summed E-state index contributed by atoms with van der Waals surface area (Å²) < 4.78 is 54.3. The highest BCUT2D eigenvalue weighted by Crippen LogP contribution is 2.49. The number of aryl methyl sites for hydroxylation is 1. The van der Waals surface area contributed by atoms with Crippen molar-refractivity contribution in [2.45, 2.75) is 36.5 Å². The maximum Gasteiger partial charge on any atom is 0.407 e. The highest BCUT2D eigenvalue weighted by Gasteiger charge is 2.65. The van der Waals surface area contributed by atoms with Gasteiger partial charge in [-0.2, -0.15) is 4.31 Å². The SMILES string of the molecule is COC(=O)[C@H]1C[C@H](OC(=O)NCc2ccc(OC)c(OC)c2)[C@@]2(O)CN(S(=O)(=O)c3ccc(C)cc3)CC2[C@H]1C(=O)OC. The van der Waals surface area contributed by atoms with Crippen molar-refractivity contribution in [3.05, 3.63) is 53.6 Å². The van der Waals surface area contributed by atoms with E-state index in [0.29, 0.717) is 17.1 Å². The maximum atomic E-state index is 13.6. The number of rotatable bonds is 9. The molecule has 1 amide bonds. The largest absolute Gasteiger partial charge is 0.493 e. The van der Waals surface area contributed by atoms with E-state index in [2.05, 4.69) is 5.32 Å². The number of hydrogen-bond acceptors (Lipinski definition) is 11. The van der Waals surface area contributed by atoms with Gasteiger partial charge in [-0.15, -0.1) is 0 Å². The van der Waals surface area contributed by atoms with Gasteiger partial charge < -0.3 is 34.1 Å². The number of benzene rings is 2. The summed E-state index contributed by atoms with van der Waals surface area (Å²) in [5.74, 6) is -4.22. The van der Waals surface area contributed by atoms with Crippen molar-refractivity contribution in [3.8, 4) is 11.5 Å². The zero-order chi connectivity index (χ0) is 31.5. The van der Waals surface area contributed by atoms with E-state index in [4.69, 9.17) is 23.7 Å². The van der Waals surface area contributed by atoms with E-state index in [1.54, 1.807) is 30.3 Å². The van der Waals surface area contributed by atoms with Gasteiger partial charge >= 0.3 is 18.0 Å². The fourth-order valence-corrected chi connectivity index (χ4v) is 7.37. The van der Waals surface area contributed by atoms with E-state index in [1.165, 1.54) is 26.4 Å². The van der Waals surface area contributed by atoms with E-state index in [-0.39, 0.29) is 24.4 Å². The third-order valence-electron chi connectivity index (χ3n) is 8.13. The van der Waals surface area contributed by atoms with Crippen molar-refractivity contribution in [2.24, 2.45) is 17.8 Å². The Morgan fingerprint density at radius 3 is 2.23 bits per heavy atom. The van der Waals surface area contributed by atoms with Crippen molar-refractivity contribution in [1.82, 2.24) is 9.62 Å². The van der Waals surface area contributed by atoms with E-state index in [0.717, 1.165) is 24.1 Å². The molecule has 1 heterocycles. The van der Waals surface area contributed by atoms with E-state index >= 15 is 0 Å². The average molecular weight is 621 g/mol. The molecule has 2 aromatic carbocycles. The Bertz CT molecular complexity index is 1460. The smallest absolute Gasteiger partial charge is 0.407 e. The minimum absolute atomic E-state index is 0.00962. The first-order valence-electron chi connectivity index (χ1n) is 13.5. The predicted molar refractivity (Wildman–Crippen MR) is 151 cm³/mol. The standard InChI is InChI=1S/C29H36N2O11S/c1-17-6-9-19(10-7-17)43(36,37)31-15-21-25(27(33)41-5)20(26(32)40-4)13-24(29(21,35)16-31)42-28(34)30-14-18-8-11-22(38-2)23(12-18)39-3/h6-12,20-21,24-25,35H,13-16H2,1-5H3,(H,30,34)/t20-,21?,24-,25-,29+/m0/s1. The summed E-state index contributed by atoms with van der Waals surface area (Å²) in [6.07, 6.45) is -2.60. The number of carbonyl (C=O) groups is 3. The van der Waals surface area contributed by atoms with Crippen LogP contribution in [0.3, 0.4) is 0 Å². The molecule has 14 heteroatoms. The Labute approximate surface area is 250 Å². The Morgan fingerprint density at radius 2 is 1.63 bits per heavy atom. The Kier molecular flexibility index (Phi) is 9.52. The molecule has 1 saturated carbocycles. The summed E-state index contributed by atoms with van der Waals surface area (Å²) in [7, 11) is 1.12. The lowest BCUT2D eigenvalue weighted by Gasteiger charge is -2.46. The summed E-state index contributed by atoms with van der Waals surface area (Å²) in [6.45, 7) is 1.03. The van der Waals surface area contributed by atoms with Crippen LogP contribution in [-0.4, -0.2) is 89.1 Å². The summed E-state index contributed by atoms with van der Waals surface area (Å²) in [5, 5.41) is 14.6. The summed E-state index contributed by atoms with van der Waals surface area (Å²) in [4.78, 5) is 38.8. The summed E-state index contributed by atoms with van der Waals surface area (Å²) in [6, 6.07) is 11.2. The number of fused-ring (bicyclic) bond motifs is 1. The number of alkyl carbamates (subject to hydrolysis) is 1. The number of ether oxygens (including phenoxy) is 5. The van der Waals surface area contributed by atoms with Gasteiger partial charge in [-0.05, 0) is 36.8 Å². The molecule has 0 bridgehead atoms. The van der Waals surface area contributed by atoms with Gasteiger partial charge in [0.15, 0.2) is 11.5 Å². The number of amides is 1. The van der Waals surface area contributed by atoms with Gasteiger partial charge in [-0.3, -0.25) is 9.59 Å². The van der Waals surface area contributed by atoms with Crippen LogP contribution in [0.15, 0.2) is 47.4 Å². The third-order valence-corrected chi connectivity index (χ3v) is 9.96. The number of β-amino-alcohol motifs (C(OH)–C–C–N with tert-alkyl or cyclic N) is 1. The number of esters is 2. The van der Waals surface area contributed by atoms with Crippen LogP contribution in [0.2, 0.25) is 0 Å². The molecule has 0 radical (unpaired) electrons. The van der Waals surface area contributed by atoms with Crippen LogP contribution in [-0.2, 0) is 40.4 Å². The molecule has 43 heavy (non-hydrogen) atoms. The average Bonchev–Trinajstić information content (AvgIpc) is 3.38. The monoisotopic (exact) mass is 620 g/mol. The summed E-state index contributed by atoms with van der Waals surface area (Å²) in [5.41, 5.74) is -0.516. The topological polar surface area (TPSA) is 167 Å². The van der Waals surface area contributed by atoms with Crippen LogP contribution >= 0.6 is 0 Å². The number of carbonyl (C=O) groups excluding carboxylic acids is 3. The van der Waals surface area contributed by atoms with E-state index < -0.39 is 64.1 Å². The predicted octanol–water partition coefficient (Wildman–Crippen LogP) is 1.64.